The molecule has 2 rings (SSSR count). The highest BCUT2D eigenvalue weighted by Crippen LogP contribution is 2.32. The second kappa shape index (κ2) is 8.00. The Labute approximate surface area is 146 Å². The van der Waals surface area contributed by atoms with Crippen LogP contribution in [0.3, 0.4) is 0 Å². The molecule has 0 unspecified atom stereocenters. The van der Waals surface area contributed by atoms with Gasteiger partial charge >= 0.3 is 6.18 Å². The fraction of sp³-hybridized carbons (Fsp3) is 0.267. The summed E-state index contributed by atoms with van der Waals surface area (Å²) in [5, 5.41) is 22.0. The van der Waals surface area contributed by atoms with Crippen molar-refractivity contribution >= 4 is 23.6 Å². The maximum Gasteiger partial charge on any atom is 0.417 e. The fourth-order valence-electron chi connectivity index (χ4n) is 1.68. The molecule has 0 radical (unpaired) electrons. The number of nitrogen functional groups attached to an aromatic ring is 1. The molecule has 2 aromatic rings. The summed E-state index contributed by atoms with van der Waals surface area (Å²) in [6.07, 6.45) is -1.06. The Hall–Kier alpha value is -2.57. The number of rotatable bonds is 3. The van der Waals surface area contributed by atoms with E-state index in [-0.39, 0.29) is 12.2 Å². The molecule has 1 aromatic heterocycles. The molecule has 1 aromatic carbocycles. The van der Waals surface area contributed by atoms with E-state index in [0.717, 1.165) is 12.1 Å². The smallest absolute Gasteiger partial charge is 0.399 e. The van der Waals surface area contributed by atoms with Gasteiger partial charge in [0.05, 0.1) is 35.0 Å². The number of aldehydes is 1. The predicted molar refractivity (Wildman–Crippen MR) is 84.5 cm³/mol. The average Bonchev–Trinajstić information content (AvgIpc) is 2.91. The van der Waals surface area contributed by atoms with Gasteiger partial charge in [-0.3, -0.25) is 4.68 Å². The molecule has 1 heterocycles. The minimum atomic E-state index is -4.53. The molecule has 0 saturated carbocycles. The summed E-state index contributed by atoms with van der Waals surface area (Å²) in [7, 11) is 0. The van der Waals surface area contributed by atoms with Crippen molar-refractivity contribution in [1.82, 2.24) is 9.78 Å². The number of alkyl halides is 3. The first-order valence-corrected chi connectivity index (χ1v) is 7.10. The molecular weight excluding hydrogens is 361 g/mol. The normalized spacial score (nSPS) is 13.2. The maximum absolute atomic E-state index is 12.2. The highest BCUT2D eigenvalue weighted by atomic mass is 35.5. The molecule has 0 fully saturated rings. The highest BCUT2D eigenvalue weighted by molar-refractivity contribution is 6.30. The van der Waals surface area contributed by atoms with Gasteiger partial charge in [0.25, 0.3) is 0 Å². The molecule has 0 saturated heterocycles. The van der Waals surface area contributed by atoms with Crippen LogP contribution in [0.25, 0.3) is 0 Å². The fourth-order valence-corrected chi connectivity index (χ4v) is 1.84. The first kappa shape index (κ1) is 20.5. The SMILES string of the molecule is C[C@@](O)(C=O)Cn1cc(Cl)cn1.N#Cc1ccc(N)cc1C(F)(F)F. The zero-order chi connectivity index (χ0) is 19.3. The number of anilines is 1. The highest BCUT2D eigenvalue weighted by Gasteiger charge is 2.33. The number of benzene rings is 1. The molecule has 0 aliphatic rings. The number of carbonyl (C=O) groups is 1. The van der Waals surface area contributed by atoms with Crippen LogP contribution in [0.15, 0.2) is 30.6 Å². The van der Waals surface area contributed by atoms with Crippen LogP contribution in [-0.2, 0) is 17.5 Å². The first-order chi connectivity index (χ1) is 11.5. The number of nitriles is 1. The summed E-state index contributed by atoms with van der Waals surface area (Å²) in [6.45, 7) is 1.53. The summed E-state index contributed by atoms with van der Waals surface area (Å²) in [5.41, 5.74) is 2.38. The van der Waals surface area contributed by atoms with Crippen LogP contribution in [0.1, 0.15) is 18.1 Å². The number of nitrogens with zero attached hydrogens (tertiary/aromatic N) is 3. The standard InChI is InChI=1S/C8H5F3N2.C7H9ClN2O2/c9-8(10,11)7-3-6(13)2-1-5(7)4-12;1-7(12,5-11)4-10-3-6(8)2-9-10/h1-3H,13H2;2-3,5,12H,4H2,1H3/t;7-/m.0/s1. The number of aliphatic hydroxyl groups is 1. The van der Waals surface area contributed by atoms with Gasteiger partial charge in [0.1, 0.15) is 5.60 Å². The van der Waals surface area contributed by atoms with Crippen molar-refractivity contribution in [2.75, 3.05) is 5.73 Å². The maximum atomic E-state index is 12.2. The van der Waals surface area contributed by atoms with E-state index in [1.165, 1.54) is 29.9 Å². The van der Waals surface area contributed by atoms with Gasteiger partial charge in [-0.05, 0) is 25.1 Å². The zero-order valence-electron chi connectivity index (χ0n) is 13.0. The van der Waals surface area contributed by atoms with Crippen LogP contribution in [0, 0.1) is 11.3 Å². The third kappa shape index (κ3) is 6.45. The second-order valence-corrected chi connectivity index (χ2v) is 5.68. The van der Waals surface area contributed by atoms with Gasteiger partial charge in [-0.1, -0.05) is 11.6 Å². The lowest BCUT2D eigenvalue weighted by molar-refractivity contribution is -0.137. The van der Waals surface area contributed by atoms with E-state index in [0.29, 0.717) is 11.3 Å². The lowest BCUT2D eigenvalue weighted by Gasteiger charge is -2.14. The van der Waals surface area contributed by atoms with Crippen molar-refractivity contribution in [3.05, 3.63) is 46.7 Å². The van der Waals surface area contributed by atoms with Gasteiger partial charge in [0.15, 0.2) is 6.29 Å². The summed E-state index contributed by atoms with van der Waals surface area (Å²) in [4.78, 5) is 10.3. The number of nitrogens with two attached hydrogens (primary N) is 1. The Morgan fingerprint density at radius 1 is 1.48 bits per heavy atom. The van der Waals surface area contributed by atoms with Crippen molar-refractivity contribution in [3.63, 3.8) is 0 Å². The monoisotopic (exact) mass is 374 g/mol. The summed E-state index contributed by atoms with van der Waals surface area (Å²) in [5.74, 6) is 0. The van der Waals surface area contributed by atoms with Gasteiger partial charge in [0, 0.05) is 11.9 Å². The van der Waals surface area contributed by atoms with Crippen LogP contribution < -0.4 is 5.73 Å². The quantitative estimate of drug-likeness (QED) is 0.634. The van der Waals surface area contributed by atoms with Gasteiger partial charge in [0.2, 0.25) is 0 Å². The molecule has 3 N–H and O–H groups in total. The molecular formula is C15H14ClF3N4O2. The van der Waals surface area contributed by atoms with E-state index in [2.05, 4.69) is 5.10 Å². The summed E-state index contributed by atoms with van der Waals surface area (Å²) in [6, 6.07) is 4.51. The van der Waals surface area contributed by atoms with Crippen molar-refractivity contribution in [1.29, 1.82) is 5.26 Å². The Morgan fingerprint density at radius 3 is 2.56 bits per heavy atom. The van der Waals surface area contributed by atoms with Gasteiger partial charge < -0.3 is 15.6 Å². The van der Waals surface area contributed by atoms with Crippen molar-refractivity contribution < 1.29 is 23.1 Å². The molecule has 134 valence electrons. The number of halogens is 4. The van der Waals surface area contributed by atoms with Crippen LogP contribution in [-0.4, -0.2) is 26.8 Å². The Balaban J connectivity index is 0.000000251. The molecule has 0 bridgehead atoms. The number of carbonyl (C=O) groups excluding carboxylic acids is 1. The van der Waals surface area contributed by atoms with Crippen molar-refractivity contribution in [2.24, 2.45) is 0 Å². The summed E-state index contributed by atoms with van der Waals surface area (Å²) < 4.78 is 38.0. The minimum Gasteiger partial charge on any atom is -0.399 e. The van der Waals surface area contributed by atoms with Crippen LogP contribution >= 0.6 is 11.6 Å². The van der Waals surface area contributed by atoms with E-state index < -0.39 is 22.9 Å². The third-order valence-electron chi connectivity index (χ3n) is 2.81. The lowest BCUT2D eigenvalue weighted by atomic mass is 10.1. The molecule has 10 heteroatoms. The second-order valence-electron chi connectivity index (χ2n) is 5.25. The first-order valence-electron chi connectivity index (χ1n) is 6.72. The van der Waals surface area contributed by atoms with Crippen LogP contribution in [0.5, 0.6) is 0 Å². The number of hydrogen-bond donors (Lipinski definition) is 2. The van der Waals surface area contributed by atoms with Crippen molar-refractivity contribution in [3.8, 4) is 6.07 Å². The van der Waals surface area contributed by atoms with Gasteiger partial charge in [-0.2, -0.15) is 23.5 Å². The van der Waals surface area contributed by atoms with E-state index >= 15 is 0 Å². The third-order valence-corrected chi connectivity index (χ3v) is 3.00. The Kier molecular flexibility index (Phi) is 6.55. The molecule has 1 atom stereocenters. The van der Waals surface area contributed by atoms with E-state index in [1.54, 1.807) is 6.20 Å². The zero-order valence-corrected chi connectivity index (χ0v) is 13.7. The Morgan fingerprint density at radius 2 is 2.12 bits per heavy atom. The van der Waals surface area contributed by atoms with Crippen molar-refractivity contribution in [2.45, 2.75) is 25.2 Å². The van der Waals surface area contributed by atoms with Gasteiger partial charge in [-0.25, -0.2) is 0 Å². The number of hydrogen-bond acceptors (Lipinski definition) is 5. The molecule has 0 spiro atoms. The summed E-state index contributed by atoms with van der Waals surface area (Å²) >= 11 is 5.58. The van der Waals surface area contributed by atoms with Crippen LogP contribution in [0.4, 0.5) is 18.9 Å². The molecule has 25 heavy (non-hydrogen) atoms. The van der Waals surface area contributed by atoms with Gasteiger partial charge in [-0.15, -0.1) is 0 Å². The lowest BCUT2D eigenvalue weighted by Crippen LogP contribution is -2.32. The van der Waals surface area contributed by atoms with E-state index in [9.17, 15) is 23.1 Å². The largest absolute Gasteiger partial charge is 0.417 e. The molecule has 0 amide bonds. The topological polar surface area (TPSA) is 105 Å². The minimum absolute atomic E-state index is 0.00803. The average molecular weight is 375 g/mol. The van der Waals surface area contributed by atoms with Crippen LogP contribution in [0.2, 0.25) is 5.02 Å². The number of aromatic nitrogens is 2. The molecule has 0 aliphatic heterocycles. The van der Waals surface area contributed by atoms with E-state index in [1.807, 2.05) is 0 Å². The molecule has 6 nitrogen and oxygen atoms in total. The Bertz CT molecular complexity index is 782. The predicted octanol–water partition coefficient (Wildman–Crippen LogP) is 2.65. The van der Waals surface area contributed by atoms with E-state index in [4.69, 9.17) is 22.6 Å². The molecule has 0 aliphatic carbocycles.